The van der Waals surface area contributed by atoms with E-state index in [0.29, 0.717) is 10.6 Å². The van der Waals surface area contributed by atoms with Crippen LogP contribution in [0.5, 0.6) is 0 Å². The van der Waals surface area contributed by atoms with E-state index in [2.05, 4.69) is 11.1 Å². The molecule has 0 unspecified atom stereocenters. The Balaban J connectivity index is 2.02. The molecule has 3 rings (SSSR count). The van der Waals surface area contributed by atoms with Crippen LogP contribution in [0.4, 0.5) is 13.9 Å². The van der Waals surface area contributed by atoms with Gasteiger partial charge in [-0.25, -0.2) is 13.8 Å². The normalized spacial score (nSPS) is 17.8. The summed E-state index contributed by atoms with van der Waals surface area (Å²) in [5.41, 5.74) is 5.84. The van der Waals surface area contributed by atoms with Gasteiger partial charge in [0.05, 0.1) is 28.9 Å². The molecule has 2 aromatic rings. The van der Waals surface area contributed by atoms with Gasteiger partial charge < -0.3 is 10.6 Å². The zero-order valence-corrected chi connectivity index (χ0v) is 9.93. The summed E-state index contributed by atoms with van der Waals surface area (Å²) < 4.78 is 26.3. The van der Waals surface area contributed by atoms with E-state index in [0.717, 1.165) is 4.70 Å². The molecule has 1 aliphatic heterocycles. The molecule has 1 aromatic heterocycles. The molecule has 2 heterocycles. The molecule has 4 nitrogen and oxygen atoms in total. The van der Waals surface area contributed by atoms with Crippen molar-refractivity contribution in [2.75, 3.05) is 18.0 Å². The molecule has 7 heteroatoms. The van der Waals surface area contributed by atoms with Gasteiger partial charge in [0.25, 0.3) is 11.8 Å². The predicted molar refractivity (Wildman–Crippen MR) is 64.1 cm³/mol. The molecule has 2 N–H and O–H groups in total. The third-order valence-electron chi connectivity index (χ3n) is 2.70. The first-order chi connectivity index (χ1) is 8.46. The van der Waals surface area contributed by atoms with Crippen molar-refractivity contribution in [3.63, 3.8) is 0 Å². The zero-order chi connectivity index (χ0) is 12.9. The fraction of sp³-hybridized carbons (Fsp3) is 0.273. The molecule has 1 amide bonds. The number of hydrogen-bond donors (Lipinski definition) is 1. The van der Waals surface area contributed by atoms with Crippen LogP contribution in [-0.2, 0) is 0 Å². The van der Waals surface area contributed by atoms with Gasteiger partial charge in [-0.05, 0) is 12.1 Å². The highest BCUT2D eigenvalue weighted by Gasteiger charge is 2.45. The molecule has 1 saturated heterocycles. The van der Waals surface area contributed by atoms with E-state index >= 15 is 0 Å². The molecular weight excluding hydrogens is 260 g/mol. The van der Waals surface area contributed by atoms with Crippen molar-refractivity contribution < 1.29 is 13.6 Å². The van der Waals surface area contributed by atoms with Gasteiger partial charge in [0, 0.05) is 0 Å². The second kappa shape index (κ2) is 3.61. The fourth-order valence-corrected chi connectivity index (χ4v) is 2.82. The number of nitrogens with two attached hydrogens (primary N) is 1. The Bertz CT molecular complexity index is 632. The molecule has 0 saturated carbocycles. The van der Waals surface area contributed by atoms with E-state index in [1.807, 2.05) is 0 Å². The second-order valence-electron chi connectivity index (χ2n) is 4.14. The van der Waals surface area contributed by atoms with Gasteiger partial charge in [-0.15, -0.1) is 0 Å². The maximum absolute atomic E-state index is 12.8. The number of alkyl halides is 2. The molecule has 1 aromatic carbocycles. The summed E-state index contributed by atoms with van der Waals surface area (Å²) in [7, 11) is 0. The van der Waals surface area contributed by atoms with Crippen LogP contribution in [0.25, 0.3) is 10.2 Å². The summed E-state index contributed by atoms with van der Waals surface area (Å²) in [5.74, 6) is -3.26. The Morgan fingerprint density at radius 2 is 2.28 bits per heavy atom. The Morgan fingerprint density at radius 3 is 2.89 bits per heavy atom. The minimum atomic E-state index is -2.64. The Labute approximate surface area is 105 Å². The summed E-state index contributed by atoms with van der Waals surface area (Å²) in [6, 6.07) is 6.03. The predicted octanol–water partition coefficient (Wildman–Crippen LogP) is 1.65. The van der Waals surface area contributed by atoms with Crippen LogP contribution in [-0.4, -0.2) is 29.9 Å². The van der Waals surface area contributed by atoms with Crippen molar-refractivity contribution >= 4 is 32.6 Å². The summed E-state index contributed by atoms with van der Waals surface area (Å²) in [6.07, 6.45) is 0. The average Bonchev–Trinajstić information content (AvgIpc) is 2.68. The first-order valence-corrected chi connectivity index (χ1v) is 6.02. The molecule has 0 aliphatic carbocycles. The van der Waals surface area contributed by atoms with Crippen LogP contribution >= 0.6 is 11.3 Å². The third-order valence-corrected chi connectivity index (χ3v) is 3.78. The van der Waals surface area contributed by atoms with Gasteiger partial charge in [-0.3, -0.25) is 4.79 Å². The maximum atomic E-state index is 12.8. The topological polar surface area (TPSA) is 59.2 Å². The van der Waals surface area contributed by atoms with Crippen LogP contribution < -0.4 is 10.6 Å². The number of anilines is 1. The number of rotatable bonds is 2. The van der Waals surface area contributed by atoms with Crippen molar-refractivity contribution in [1.82, 2.24) is 4.98 Å². The lowest BCUT2D eigenvalue weighted by Crippen LogP contribution is -2.56. The van der Waals surface area contributed by atoms with Crippen molar-refractivity contribution in [2.24, 2.45) is 5.73 Å². The minimum Gasteiger partial charge on any atom is -0.366 e. The maximum Gasteiger partial charge on any atom is 0.282 e. The molecule has 0 atom stereocenters. The minimum absolute atomic E-state index is 0.197. The van der Waals surface area contributed by atoms with E-state index in [1.54, 1.807) is 12.1 Å². The Morgan fingerprint density at radius 1 is 1.56 bits per heavy atom. The summed E-state index contributed by atoms with van der Waals surface area (Å²) >= 11 is 1.27. The first-order valence-electron chi connectivity index (χ1n) is 5.20. The van der Waals surface area contributed by atoms with Crippen LogP contribution in [0, 0.1) is 6.07 Å². The van der Waals surface area contributed by atoms with E-state index in [9.17, 15) is 13.6 Å². The fourth-order valence-electron chi connectivity index (χ4n) is 1.85. The molecule has 93 valence electrons. The molecule has 0 spiro atoms. The van der Waals surface area contributed by atoms with Gasteiger partial charge in [0.15, 0.2) is 5.13 Å². The zero-order valence-electron chi connectivity index (χ0n) is 9.11. The summed E-state index contributed by atoms with van der Waals surface area (Å²) in [5, 5.41) is 0.484. The van der Waals surface area contributed by atoms with E-state index in [-0.39, 0.29) is 18.7 Å². The average molecular weight is 268 g/mol. The van der Waals surface area contributed by atoms with Crippen LogP contribution in [0.1, 0.15) is 10.4 Å². The number of halogens is 2. The largest absolute Gasteiger partial charge is 0.366 e. The molecule has 18 heavy (non-hydrogen) atoms. The van der Waals surface area contributed by atoms with E-state index in [4.69, 9.17) is 5.73 Å². The summed E-state index contributed by atoms with van der Waals surface area (Å²) in [6.45, 7) is -0.662. The van der Waals surface area contributed by atoms with E-state index < -0.39 is 11.8 Å². The van der Waals surface area contributed by atoms with Crippen molar-refractivity contribution in [3.8, 4) is 0 Å². The van der Waals surface area contributed by atoms with Crippen LogP contribution in [0.15, 0.2) is 12.1 Å². The Kier molecular flexibility index (Phi) is 2.28. The van der Waals surface area contributed by atoms with Gasteiger partial charge in [-0.1, -0.05) is 17.4 Å². The number of primary amides is 1. The number of carbonyl (C=O) groups excluding carboxylic acids is 1. The van der Waals surface area contributed by atoms with Gasteiger partial charge in [-0.2, -0.15) is 0 Å². The van der Waals surface area contributed by atoms with Gasteiger partial charge in [0.1, 0.15) is 0 Å². The Hall–Kier alpha value is -1.76. The standard InChI is InChI=1S/C11H8F2N3OS/c12-11(13)4-16(5-11)10-15-8-6(9(14)17)2-1-3-7(8)18-10/h1,3H,4-5H2,(H2,14,17). The van der Waals surface area contributed by atoms with Gasteiger partial charge >= 0.3 is 0 Å². The van der Waals surface area contributed by atoms with Crippen molar-refractivity contribution in [2.45, 2.75) is 5.92 Å². The highest BCUT2D eigenvalue weighted by molar-refractivity contribution is 7.22. The van der Waals surface area contributed by atoms with Crippen molar-refractivity contribution in [3.05, 3.63) is 23.8 Å². The molecular formula is C11H8F2N3OS. The number of fused-ring (bicyclic) bond motifs is 1. The summed E-state index contributed by atoms with van der Waals surface area (Å²) in [4.78, 5) is 16.9. The molecule has 1 radical (unpaired) electrons. The highest BCUT2D eigenvalue weighted by atomic mass is 32.1. The first kappa shape index (κ1) is 11.3. The number of carbonyl (C=O) groups is 1. The number of thiazole rings is 1. The van der Waals surface area contributed by atoms with E-state index in [1.165, 1.54) is 16.2 Å². The third kappa shape index (κ3) is 1.71. The smallest absolute Gasteiger partial charge is 0.282 e. The number of aromatic nitrogens is 1. The lowest BCUT2D eigenvalue weighted by molar-refractivity contribution is -0.0262. The monoisotopic (exact) mass is 268 g/mol. The number of amides is 1. The molecule has 1 fully saturated rings. The molecule has 1 aliphatic rings. The number of nitrogens with zero attached hydrogens (tertiary/aromatic N) is 2. The molecule has 0 bridgehead atoms. The number of benzene rings is 1. The lowest BCUT2D eigenvalue weighted by Gasteiger charge is -2.38. The van der Waals surface area contributed by atoms with Crippen LogP contribution in [0.3, 0.4) is 0 Å². The SMILES string of the molecule is NC(=O)c1[c]ccc2sc(N3CC(F)(F)C3)nc12. The number of hydrogen-bond acceptors (Lipinski definition) is 4. The van der Waals surface area contributed by atoms with Crippen molar-refractivity contribution in [1.29, 1.82) is 0 Å². The van der Waals surface area contributed by atoms with Crippen LogP contribution in [0.2, 0.25) is 0 Å². The quantitative estimate of drug-likeness (QED) is 0.901. The van der Waals surface area contributed by atoms with Gasteiger partial charge in [0.2, 0.25) is 0 Å². The highest BCUT2D eigenvalue weighted by Crippen LogP contribution is 2.37. The lowest BCUT2D eigenvalue weighted by atomic mass is 10.2. The second-order valence-corrected chi connectivity index (χ2v) is 5.15.